The fraction of sp³-hybridized carbons (Fsp3) is 0.500. The smallest absolute Gasteiger partial charge is 0.152 e. The fourth-order valence-corrected chi connectivity index (χ4v) is 2.37. The molecule has 17 heavy (non-hydrogen) atoms. The van der Waals surface area contributed by atoms with Crippen molar-refractivity contribution in [2.24, 2.45) is 0 Å². The number of hydrogen-bond donors (Lipinski definition) is 0. The van der Waals surface area contributed by atoms with Gasteiger partial charge >= 0.3 is 0 Å². The molecule has 2 saturated heterocycles. The number of nitrogens with zero attached hydrogens (tertiary/aromatic N) is 1. The van der Waals surface area contributed by atoms with Crippen LogP contribution in [0.4, 0.5) is 18.9 Å². The SMILES string of the molecule is Fc1cc(F)c(N2CCC3(CC2)CO3)c(F)c1. The van der Waals surface area contributed by atoms with Crippen molar-refractivity contribution in [2.45, 2.75) is 18.4 Å². The van der Waals surface area contributed by atoms with E-state index in [1.165, 1.54) is 0 Å². The van der Waals surface area contributed by atoms with Gasteiger partial charge in [-0.3, -0.25) is 0 Å². The lowest BCUT2D eigenvalue weighted by Gasteiger charge is -2.32. The molecule has 0 saturated carbocycles. The Morgan fingerprint density at radius 2 is 1.59 bits per heavy atom. The van der Waals surface area contributed by atoms with Gasteiger partial charge in [-0.1, -0.05) is 0 Å². The minimum Gasteiger partial charge on any atom is -0.369 e. The van der Waals surface area contributed by atoms with E-state index < -0.39 is 17.5 Å². The Labute approximate surface area is 97.0 Å². The van der Waals surface area contributed by atoms with Crippen molar-refractivity contribution in [1.29, 1.82) is 0 Å². The molecule has 2 fully saturated rings. The Hall–Kier alpha value is -1.23. The van der Waals surface area contributed by atoms with Crippen LogP contribution in [0.1, 0.15) is 12.8 Å². The molecule has 0 atom stereocenters. The summed E-state index contributed by atoms with van der Waals surface area (Å²) in [5.74, 6) is -2.56. The minimum absolute atomic E-state index is 0.0382. The van der Waals surface area contributed by atoms with Crippen molar-refractivity contribution in [3.8, 4) is 0 Å². The highest BCUT2D eigenvalue weighted by molar-refractivity contribution is 5.50. The molecule has 2 aliphatic heterocycles. The average molecular weight is 243 g/mol. The Bertz CT molecular complexity index is 426. The number of rotatable bonds is 1. The Morgan fingerprint density at radius 1 is 1.06 bits per heavy atom. The number of epoxide rings is 1. The van der Waals surface area contributed by atoms with E-state index in [1.54, 1.807) is 4.90 Å². The van der Waals surface area contributed by atoms with Crippen LogP contribution in [0.2, 0.25) is 0 Å². The first-order valence-electron chi connectivity index (χ1n) is 5.63. The second kappa shape index (κ2) is 3.63. The van der Waals surface area contributed by atoms with Crippen molar-refractivity contribution in [2.75, 3.05) is 24.6 Å². The van der Waals surface area contributed by atoms with Gasteiger partial charge in [0.1, 0.15) is 11.5 Å². The number of halogens is 3. The van der Waals surface area contributed by atoms with Gasteiger partial charge in [-0.25, -0.2) is 13.2 Å². The van der Waals surface area contributed by atoms with Crippen LogP contribution in [0.3, 0.4) is 0 Å². The maximum atomic E-state index is 13.6. The van der Waals surface area contributed by atoms with Gasteiger partial charge in [0.05, 0.1) is 12.2 Å². The van der Waals surface area contributed by atoms with E-state index in [0.29, 0.717) is 13.1 Å². The Kier molecular flexibility index (Phi) is 2.33. The Balaban J connectivity index is 1.84. The zero-order chi connectivity index (χ0) is 12.0. The summed E-state index contributed by atoms with van der Waals surface area (Å²) >= 11 is 0. The second-order valence-electron chi connectivity index (χ2n) is 4.68. The molecule has 0 radical (unpaired) electrons. The van der Waals surface area contributed by atoms with Crippen molar-refractivity contribution in [3.63, 3.8) is 0 Å². The van der Waals surface area contributed by atoms with E-state index in [-0.39, 0.29) is 11.3 Å². The number of hydrogen-bond acceptors (Lipinski definition) is 2. The van der Waals surface area contributed by atoms with Crippen LogP contribution in [0.5, 0.6) is 0 Å². The Morgan fingerprint density at radius 3 is 2.06 bits per heavy atom. The van der Waals surface area contributed by atoms with Crippen LogP contribution < -0.4 is 4.90 Å². The molecule has 0 aromatic heterocycles. The lowest BCUT2D eigenvalue weighted by Crippen LogP contribution is -2.38. The molecule has 2 nitrogen and oxygen atoms in total. The van der Waals surface area contributed by atoms with E-state index >= 15 is 0 Å². The fourth-order valence-electron chi connectivity index (χ4n) is 2.37. The van der Waals surface area contributed by atoms with Gasteiger partial charge in [-0.2, -0.15) is 0 Å². The lowest BCUT2D eigenvalue weighted by molar-refractivity contribution is 0.257. The summed E-state index contributed by atoms with van der Waals surface area (Å²) in [6, 6.07) is 1.44. The molecule has 1 aromatic carbocycles. The molecule has 2 heterocycles. The molecule has 1 aromatic rings. The summed E-state index contributed by atoms with van der Waals surface area (Å²) in [4.78, 5) is 1.62. The van der Waals surface area contributed by atoms with Crippen molar-refractivity contribution >= 4 is 5.69 Å². The summed E-state index contributed by atoms with van der Waals surface area (Å²) in [6.07, 6.45) is 1.53. The van der Waals surface area contributed by atoms with Gasteiger partial charge in [-0.05, 0) is 12.8 Å². The molecule has 3 rings (SSSR count). The topological polar surface area (TPSA) is 15.8 Å². The summed E-state index contributed by atoms with van der Waals surface area (Å²) in [5, 5.41) is 0. The van der Waals surface area contributed by atoms with E-state index in [9.17, 15) is 13.2 Å². The quantitative estimate of drug-likeness (QED) is 0.704. The van der Waals surface area contributed by atoms with Crippen molar-refractivity contribution < 1.29 is 17.9 Å². The predicted octanol–water partition coefficient (Wildman–Crippen LogP) is 2.47. The maximum absolute atomic E-state index is 13.6. The molecule has 0 aliphatic carbocycles. The third-order valence-electron chi connectivity index (χ3n) is 3.53. The summed E-state index contributed by atoms with van der Waals surface area (Å²) in [5.41, 5.74) is -0.161. The molecular weight excluding hydrogens is 231 g/mol. The largest absolute Gasteiger partial charge is 0.369 e. The molecule has 0 amide bonds. The minimum atomic E-state index is -0.886. The van der Waals surface area contributed by atoms with Crippen LogP contribution in [0, 0.1) is 17.5 Å². The van der Waals surface area contributed by atoms with E-state index in [2.05, 4.69) is 0 Å². The monoisotopic (exact) mass is 243 g/mol. The zero-order valence-corrected chi connectivity index (χ0v) is 9.18. The van der Waals surface area contributed by atoms with Crippen LogP contribution >= 0.6 is 0 Å². The number of ether oxygens (including phenoxy) is 1. The average Bonchev–Trinajstić information content (AvgIpc) is 3.00. The number of benzene rings is 1. The van der Waals surface area contributed by atoms with Crippen LogP contribution in [-0.2, 0) is 4.74 Å². The van der Waals surface area contributed by atoms with Gasteiger partial charge in [-0.15, -0.1) is 0 Å². The summed E-state index contributed by atoms with van der Waals surface area (Å²) in [7, 11) is 0. The van der Waals surface area contributed by atoms with Gasteiger partial charge in [0.25, 0.3) is 0 Å². The van der Waals surface area contributed by atoms with Crippen molar-refractivity contribution in [1.82, 2.24) is 0 Å². The normalized spacial score (nSPS) is 21.9. The molecule has 0 unspecified atom stereocenters. The third-order valence-corrected chi connectivity index (χ3v) is 3.53. The molecule has 5 heteroatoms. The highest BCUT2D eigenvalue weighted by Crippen LogP contribution is 2.39. The molecule has 0 bridgehead atoms. The third kappa shape index (κ3) is 1.88. The molecule has 2 aliphatic rings. The van der Waals surface area contributed by atoms with Crippen molar-refractivity contribution in [3.05, 3.63) is 29.6 Å². The highest BCUT2D eigenvalue weighted by Gasteiger charge is 2.47. The van der Waals surface area contributed by atoms with Crippen LogP contribution in [0.15, 0.2) is 12.1 Å². The molecular formula is C12H12F3NO. The predicted molar refractivity (Wildman–Crippen MR) is 56.4 cm³/mol. The first-order chi connectivity index (χ1) is 8.10. The first kappa shape index (κ1) is 10.9. The maximum Gasteiger partial charge on any atom is 0.152 e. The molecule has 0 N–H and O–H groups in total. The van der Waals surface area contributed by atoms with E-state index in [1.807, 2.05) is 0 Å². The number of anilines is 1. The second-order valence-corrected chi connectivity index (χ2v) is 4.68. The lowest BCUT2D eigenvalue weighted by atomic mass is 9.97. The first-order valence-corrected chi connectivity index (χ1v) is 5.63. The van der Waals surface area contributed by atoms with Gasteiger partial charge < -0.3 is 9.64 Å². The number of piperidine rings is 1. The standard InChI is InChI=1S/C12H12F3NO/c13-8-5-9(14)11(10(15)6-8)16-3-1-12(2-4-16)7-17-12/h5-6H,1-4,7H2. The van der Waals surface area contributed by atoms with Gasteiger partial charge in [0, 0.05) is 25.2 Å². The van der Waals surface area contributed by atoms with Crippen LogP contribution in [0.25, 0.3) is 0 Å². The summed E-state index contributed by atoms with van der Waals surface area (Å²) in [6.45, 7) is 1.83. The van der Waals surface area contributed by atoms with Gasteiger partial charge in [0.15, 0.2) is 11.6 Å². The molecule has 92 valence electrons. The van der Waals surface area contributed by atoms with E-state index in [4.69, 9.17) is 4.74 Å². The van der Waals surface area contributed by atoms with Gasteiger partial charge in [0.2, 0.25) is 0 Å². The highest BCUT2D eigenvalue weighted by atomic mass is 19.1. The zero-order valence-electron chi connectivity index (χ0n) is 9.18. The van der Waals surface area contributed by atoms with E-state index in [0.717, 1.165) is 31.6 Å². The molecule has 1 spiro atoms. The van der Waals surface area contributed by atoms with Crippen LogP contribution in [-0.4, -0.2) is 25.3 Å². The summed E-state index contributed by atoms with van der Waals surface area (Å²) < 4.78 is 45.2.